The Morgan fingerprint density at radius 1 is 1.28 bits per heavy atom. The van der Waals surface area contributed by atoms with Gasteiger partial charge in [-0.2, -0.15) is 5.10 Å². The molecule has 0 spiro atoms. The number of furan rings is 1. The number of hydrogen-bond donors (Lipinski definition) is 1. The highest BCUT2D eigenvalue weighted by molar-refractivity contribution is 5.90. The van der Waals surface area contributed by atoms with Gasteiger partial charge in [0, 0.05) is 6.54 Å². The van der Waals surface area contributed by atoms with Crippen LogP contribution in [0.15, 0.2) is 39.9 Å². The number of cyclic esters (lactones) is 1. The lowest BCUT2D eigenvalue weighted by Crippen LogP contribution is -2.38. The van der Waals surface area contributed by atoms with E-state index in [2.05, 4.69) is 5.10 Å². The molecule has 1 aromatic heterocycles. The van der Waals surface area contributed by atoms with Crippen LogP contribution >= 0.6 is 0 Å². The number of rotatable bonds is 6. The molecule has 1 N–H and O–H groups in total. The Balaban J connectivity index is 1.43. The molecule has 10 heteroatoms. The third-order valence-corrected chi connectivity index (χ3v) is 4.72. The van der Waals surface area contributed by atoms with Crippen LogP contribution in [0, 0.1) is 5.82 Å². The SMILES string of the molecule is O=Cc1ccc(CN2CCN(c3ccc(N4C[C@H](CO)OC4=O)cc3F)C=N2)o1. The molecule has 3 heterocycles. The van der Waals surface area contributed by atoms with E-state index in [0.717, 1.165) is 0 Å². The number of aldehydes is 1. The number of amides is 1. The number of ether oxygens (including phenoxy) is 1. The van der Waals surface area contributed by atoms with E-state index in [1.165, 1.54) is 17.3 Å². The molecule has 1 fully saturated rings. The molecule has 152 valence electrons. The molecule has 29 heavy (non-hydrogen) atoms. The molecule has 0 unspecified atom stereocenters. The van der Waals surface area contributed by atoms with Gasteiger partial charge in [0.25, 0.3) is 0 Å². The van der Waals surface area contributed by atoms with Gasteiger partial charge in [-0.3, -0.25) is 14.7 Å². The average Bonchev–Trinajstić information content (AvgIpc) is 3.34. The maximum absolute atomic E-state index is 14.7. The van der Waals surface area contributed by atoms with Crippen LogP contribution < -0.4 is 9.80 Å². The third-order valence-electron chi connectivity index (χ3n) is 4.72. The summed E-state index contributed by atoms with van der Waals surface area (Å²) in [6.07, 6.45) is 0.948. The summed E-state index contributed by atoms with van der Waals surface area (Å²) in [5.74, 6) is 0.383. The number of anilines is 2. The Bertz CT molecular complexity index is 946. The van der Waals surface area contributed by atoms with E-state index < -0.39 is 18.0 Å². The van der Waals surface area contributed by atoms with Crippen molar-refractivity contribution < 1.29 is 28.2 Å². The number of hydrazone groups is 1. The summed E-state index contributed by atoms with van der Waals surface area (Å²) in [6.45, 7) is 1.33. The molecule has 0 aliphatic carbocycles. The number of aliphatic hydroxyl groups is 1. The van der Waals surface area contributed by atoms with Crippen LogP contribution in [-0.4, -0.2) is 61.2 Å². The van der Waals surface area contributed by atoms with E-state index in [0.29, 0.717) is 43.1 Å². The van der Waals surface area contributed by atoms with Crippen molar-refractivity contribution in [2.24, 2.45) is 5.10 Å². The van der Waals surface area contributed by atoms with E-state index in [4.69, 9.17) is 14.3 Å². The lowest BCUT2D eigenvalue weighted by Gasteiger charge is -2.30. The predicted molar refractivity (Wildman–Crippen MR) is 101 cm³/mol. The van der Waals surface area contributed by atoms with Crippen LogP contribution in [0.4, 0.5) is 20.6 Å². The van der Waals surface area contributed by atoms with Crippen molar-refractivity contribution in [2.45, 2.75) is 12.6 Å². The van der Waals surface area contributed by atoms with Gasteiger partial charge in [0.05, 0.1) is 37.6 Å². The molecule has 0 saturated carbocycles. The van der Waals surface area contributed by atoms with E-state index in [-0.39, 0.29) is 18.9 Å². The Kier molecular flexibility index (Phi) is 5.17. The topological polar surface area (TPSA) is 98.8 Å². The summed E-state index contributed by atoms with van der Waals surface area (Å²) in [7, 11) is 0. The summed E-state index contributed by atoms with van der Waals surface area (Å²) >= 11 is 0. The zero-order valence-corrected chi connectivity index (χ0v) is 15.4. The normalized spacial score (nSPS) is 19.0. The van der Waals surface area contributed by atoms with Crippen LogP contribution in [0.1, 0.15) is 16.3 Å². The number of aliphatic hydroxyl groups excluding tert-OH is 1. The monoisotopic (exact) mass is 402 g/mol. The van der Waals surface area contributed by atoms with Gasteiger partial charge in [0.2, 0.25) is 0 Å². The van der Waals surface area contributed by atoms with E-state index >= 15 is 0 Å². The minimum atomic E-state index is -0.609. The van der Waals surface area contributed by atoms with E-state index in [1.807, 2.05) is 0 Å². The Morgan fingerprint density at radius 2 is 2.14 bits per heavy atom. The molecule has 1 aromatic carbocycles. The second-order valence-electron chi connectivity index (χ2n) is 6.67. The van der Waals surface area contributed by atoms with Crippen LogP contribution in [0.25, 0.3) is 0 Å². The molecule has 2 aliphatic heterocycles. The largest absolute Gasteiger partial charge is 0.456 e. The molecule has 4 rings (SSSR count). The fourth-order valence-corrected chi connectivity index (χ4v) is 3.22. The highest BCUT2D eigenvalue weighted by Crippen LogP contribution is 2.28. The van der Waals surface area contributed by atoms with Crippen molar-refractivity contribution in [3.63, 3.8) is 0 Å². The molecule has 0 bridgehead atoms. The number of carbonyl (C=O) groups excluding carboxylic acids is 2. The van der Waals surface area contributed by atoms with Crippen molar-refractivity contribution >= 4 is 30.1 Å². The van der Waals surface area contributed by atoms with Crippen LogP contribution in [0.5, 0.6) is 0 Å². The van der Waals surface area contributed by atoms with Crippen LogP contribution in [-0.2, 0) is 11.3 Å². The summed E-state index contributed by atoms with van der Waals surface area (Å²) in [5.41, 5.74) is 0.705. The Labute approximate surface area is 165 Å². The summed E-state index contributed by atoms with van der Waals surface area (Å²) in [6, 6.07) is 7.78. The van der Waals surface area contributed by atoms with Gasteiger partial charge in [0.15, 0.2) is 12.0 Å². The number of nitrogens with zero attached hydrogens (tertiary/aromatic N) is 4. The zero-order chi connectivity index (χ0) is 20.4. The van der Waals surface area contributed by atoms with E-state index in [1.54, 1.807) is 34.2 Å². The molecule has 2 aliphatic rings. The smallest absolute Gasteiger partial charge is 0.414 e. The van der Waals surface area contributed by atoms with Crippen LogP contribution in [0.2, 0.25) is 0 Å². The van der Waals surface area contributed by atoms with Gasteiger partial charge in [-0.25, -0.2) is 9.18 Å². The second kappa shape index (κ2) is 7.92. The fourth-order valence-electron chi connectivity index (χ4n) is 3.22. The molecule has 1 saturated heterocycles. The van der Waals surface area contributed by atoms with Crippen molar-refractivity contribution in [1.29, 1.82) is 0 Å². The molecular weight excluding hydrogens is 383 g/mol. The maximum Gasteiger partial charge on any atom is 0.414 e. The second-order valence-corrected chi connectivity index (χ2v) is 6.67. The predicted octanol–water partition coefficient (Wildman–Crippen LogP) is 1.81. The highest BCUT2D eigenvalue weighted by Gasteiger charge is 2.32. The first-order valence-corrected chi connectivity index (χ1v) is 9.05. The van der Waals surface area contributed by atoms with Gasteiger partial charge in [0.1, 0.15) is 24.0 Å². The number of halogens is 1. The summed E-state index contributed by atoms with van der Waals surface area (Å²) in [5, 5.41) is 15.2. The first kappa shape index (κ1) is 18.9. The van der Waals surface area contributed by atoms with Crippen LogP contribution in [0.3, 0.4) is 0 Å². The number of benzene rings is 1. The van der Waals surface area contributed by atoms with Gasteiger partial charge in [-0.1, -0.05) is 0 Å². The molecule has 1 atom stereocenters. The summed E-state index contributed by atoms with van der Waals surface area (Å²) < 4.78 is 25.0. The lowest BCUT2D eigenvalue weighted by atomic mass is 10.2. The number of carbonyl (C=O) groups is 2. The molecular formula is C19H19FN4O5. The maximum atomic E-state index is 14.7. The van der Waals surface area contributed by atoms with Crippen molar-refractivity contribution in [3.8, 4) is 0 Å². The average molecular weight is 402 g/mol. The van der Waals surface area contributed by atoms with Crippen molar-refractivity contribution in [2.75, 3.05) is 36.0 Å². The quantitative estimate of drug-likeness (QED) is 0.736. The van der Waals surface area contributed by atoms with Crippen molar-refractivity contribution in [1.82, 2.24) is 5.01 Å². The van der Waals surface area contributed by atoms with Gasteiger partial charge in [-0.15, -0.1) is 0 Å². The first-order chi connectivity index (χ1) is 14.1. The van der Waals surface area contributed by atoms with Gasteiger partial charge in [-0.05, 0) is 30.3 Å². The molecule has 2 aromatic rings. The van der Waals surface area contributed by atoms with E-state index in [9.17, 15) is 14.0 Å². The van der Waals surface area contributed by atoms with Gasteiger partial charge >= 0.3 is 6.09 Å². The molecule has 1 amide bonds. The number of hydrogen-bond acceptors (Lipinski definition) is 8. The van der Waals surface area contributed by atoms with Gasteiger partial charge < -0.3 is 19.2 Å². The first-order valence-electron chi connectivity index (χ1n) is 9.05. The molecule has 9 nitrogen and oxygen atoms in total. The fraction of sp³-hybridized carbons (Fsp3) is 0.316. The summed E-state index contributed by atoms with van der Waals surface area (Å²) in [4.78, 5) is 25.5. The highest BCUT2D eigenvalue weighted by atomic mass is 19.1. The lowest BCUT2D eigenvalue weighted by molar-refractivity contribution is 0.0963. The minimum absolute atomic E-state index is 0.173. The Morgan fingerprint density at radius 3 is 2.76 bits per heavy atom. The van der Waals surface area contributed by atoms with Crippen molar-refractivity contribution in [3.05, 3.63) is 47.7 Å². The third kappa shape index (κ3) is 3.92. The minimum Gasteiger partial charge on any atom is -0.456 e. The zero-order valence-electron chi connectivity index (χ0n) is 15.4. The molecule has 0 radical (unpaired) electrons. The Hall–Kier alpha value is -3.40. The standard InChI is InChI=1S/C19H19FN4O5/c20-17-7-13(24-9-16(11-26)29-19(24)27)1-4-18(17)22-5-6-23(21-12-22)8-14-2-3-15(10-25)28-14/h1-4,7,10,12,16,26H,5-6,8-9,11H2/t16-/m1/s1.